The highest BCUT2D eigenvalue weighted by atomic mass is 35.5. The maximum Gasteiger partial charge on any atom is 0.152 e. The van der Waals surface area contributed by atoms with Crippen molar-refractivity contribution in [3.63, 3.8) is 0 Å². The van der Waals surface area contributed by atoms with Crippen molar-refractivity contribution in [1.82, 2.24) is 14.9 Å². The van der Waals surface area contributed by atoms with Crippen LogP contribution in [-0.4, -0.2) is 52.5 Å². The van der Waals surface area contributed by atoms with Gasteiger partial charge in [-0.2, -0.15) is 0 Å². The number of fused-ring (bicyclic) bond motifs is 1. The third-order valence-electron chi connectivity index (χ3n) is 4.00. The number of aliphatic hydroxyl groups is 1. The number of aliphatic hydroxyl groups excluding tert-OH is 1. The van der Waals surface area contributed by atoms with Gasteiger partial charge in [-0.1, -0.05) is 18.5 Å². The first-order valence-corrected chi connectivity index (χ1v) is 8.13. The lowest BCUT2D eigenvalue weighted by atomic mass is 10.1. The summed E-state index contributed by atoms with van der Waals surface area (Å²) >= 11 is 6.15. The fourth-order valence-electron chi connectivity index (χ4n) is 2.76. The minimum atomic E-state index is -0.119. The van der Waals surface area contributed by atoms with E-state index in [1.165, 1.54) is 6.33 Å². The number of ether oxygens (including phenoxy) is 2. The fourth-order valence-corrected chi connectivity index (χ4v) is 2.95. The number of benzene rings is 1. The molecule has 1 N–H and O–H groups in total. The predicted octanol–water partition coefficient (Wildman–Crippen LogP) is 2.22. The monoisotopic (exact) mass is 337 g/mol. The summed E-state index contributed by atoms with van der Waals surface area (Å²) in [4.78, 5) is 10.4. The first-order chi connectivity index (χ1) is 11.2. The highest BCUT2D eigenvalue weighted by Gasteiger charge is 2.22. The molecular weight excluding hydrogens is 318 g/mol. The normalized spacial score (nSPS) is 17.3. The minimum Gasteiger partial charge on any atom is -0.475 e. The van der Waals surface area contributed by atoms with Gasteiger partial charge in [0.05, 0.1) is 25.3 Å². The molecular formula is C16H20ClN3O3. The molecule has 0 bridgehead atoms. The molecule has 1 fully saturated rings. The molecule has 0 saturated carbocycles. The van der Waals surface area contributed by atoms with Crippen molar-refractivity contribution < 1.29 is 14.6 Å². The van der Waals surface area contributed by atoms with Crippen molar-refractivity contribution in [1.29, 1.82) is 0 Å². The van der Waals surface area contributed by atoms with Crippen LogP contribution in [0, 0.1) is 0 Å². The van der Waals surface area contributed by atoms with E-state index in [1.54, 1.807) is 6.07 Å². The lowest BCUT2D eigenvalue weighted by Crippen LogP contribution is -2.46. The first kappa shape index (κ1) is 16.4. The SMILES string of the molecule is CCC(Oc1cc2c(Cl)ncnc2cc1CO)N1CCOCC1. The summed E-state index contributed by atoms with van der Waals surface area (Å²) in [7, 11) is 0. The van der Waals surface area contributed by atoms with E-state index in [0.717, 1.165) is 24.9 Å². The second kappa shape index (κ2) is 7.40. The number of hydrogen-bond acceptors (Lipinski definition) is 6. The lowest BCUT2D eigenvalue weighted by molar-refractivity contribution is -0.0473. The van der Waals surface area contributed by atoms with Gasteiger partial charge in [0, 0.05) is 24.0 Å². The Labute approximate surface area is 140 Å². The maximum absolute atomic E-state index is 9.65. The number of rotatable bonds is 5. The minimum absolute atomic E-state index is 0.0648. The largest absolute Gasteiger partial charge is 0.475 e. The first-order valence-electron chi connectivity index (χ1n) is 7.75. The van der Waals surface area contributed by atoms with Crippen LogP contribution in [0.2, 0.25) is 5.15 Å². The van der Waals surface area contributed by atoms with Crippen LogP contribution in [0.3, 0.4) is 0 Å². The van der Waals surface area contributed by atoms with E-state index >= 15 is 0 Å². The van der Waals surface area contributed by atoms with Crippen molar-refractivity contribution in [2.75, 3.05) is 26.3 Å². The molecule has 3 rings (SSSR count). The summed E-state index contributed by atoms with van der Waals surface area (Å²) in [5.41, 5.74) is 1.39. The van der Waals surface area contributed by atoms with Crippen LogP contribution >= 0.6 is 11.6 Å². The van der Waals surface area contributed by atoms with Gasteiger partial charge in [-0.3, -0.25) is 4.90 Å². The molecule has 1 aliphatic heterocycles. The van der Waals surface area contributed by atoms with Gasteiger partial charge in [0.2, 0.25) is 0 Å². The van der Waals surface area contributed by atoms with Crippen molar-refractivity contribution >= 4 is 22.5 Å². The van der Waals surface area contributed by atoms with Crippen molar-refractivity contribution in [2.24, 2.45) is 0 Å². The molecule has 0 spiro atoms. The summed E-state index contributed by atoms with van der Waals surface area (Å²) < 4.78 is 11.6. The molecule has 6 nitrogen and oxygen atoms in total. The van der Waals surface area contributed by atoms with E-state index in [9.17, 15) is 5.11 Å². The molecule has 1 aromatic carbocycles. The molecule has 1 aliphatic rings. The Bertz CT molecular complexity index is 677. The summed E-state index contributed by atoms with van der Waals surface area (Å²) in [5, 5.41) is 10.8. The topological polar surface area (TPSA) is 67.7 Å². The van der Waals surface area contributed by atoms with Crippen molar-refractivity contribution in [2.45, 2.75) is 26.2 Å². The zero-order valence-corrected chi connectivity index (χ0v) is 13.8. The number of nitrogens with zero attached hydrogens (tertiary/aromatic N) is 3. The van der Waals surface area contributed by atoms with Crippen LogP contribution in [0.4, 0.5) is 0 Å². The van der Waals surface area contributed by atoms with Gasteiger partial charge in [0.25, 0.3) is 0 Å². The molecule has 2 heterocycles. The Balaban J connectivity index is 1.92. The van der Waals surface area contributed by atoms with Crippen LogP contribution in [0.1, 0.15) is 18.9 Å². The van der Waals surface area contributed by atoms with Crippen molar-refractivity contribution in [3.05, 3.63) is 29.2 Å². The molecule has 1 unspecified atom stereocenters. The molecule has 23 heavy (non-hydrogen) atoms. The third kappa shape index (κ3) is 3.55. The second-order valence-corrected chi connectivity index (χ2v) is 5.79. The Hall–Kier alpha value is -1.47. The van der Waals surface area contributed by atoms with Crippen molar-refractivity contribution in [3.8, 4) is 5.75 Å². The van der Waals surface area contributed by atoms with E-state index in [0.29, 0.717) is 35.2 Å². The van der Waals surface area contributed by atoms with E-state index in [2.05, 4.69) is 21.8 Å². The number of halogens is 1. The Morgan fingerprint density at radius 1 is 1.35 bits per heavy atom. The number of hydrogen-bond donors (Lipinski definition) is 1. The van der Waals surface area contributed by atoms with Crippen LogP contribution in [0.5, 0.6) is 5.75 Å². The fraction of sp³-hybridized carbons (Fsp3) is 0.500. The molecule has 2 aromatic rings. The van der Waals surface area contributed by atoms with E-state index in [1.807, 2.05) is 6.07 Å². The summed E-state index contributed by atoms with van der Waals surface area (Å²) in [6.45, 7) is 5.06. The summed E-state index contributed by atoms with van der Waals surface area (Å²) in [5.74, 6) is 0.620. The average Bonchev–Trinajstić information content (AvgIpc) is 2.60. The van der Waals surface area contributed by atoms with Crippen LogP contribution < -0.4 is 4.74 Å². The predicted molar refractivity (Wildman–Crippen MR) is 87.6 cm³/mol. The smallest absolute Gasteiger partial charge is 0.152 e. The molecule has 1 atom stereocenters. The maximum atomic E-state index is 9.65. The molecule has 1 aromatic heterocycles. The molecule has 0 amide bonds. The number of morpholine rings is 1. The molecule has 1 saturated heterocycles. The average molecular weight is 338 g/mol. The Morgan fingerprint density at radius 3 is 2.83 bits per heavy atom. The van der Waals surface area contributed by atoms with E-state index in [4.69, 9.17) is 21.1 Å². The zero-order valence-electron chi connectivity index (χ0n) is 13.0. The number of aromatic nitrogens is 2. The standard InChI is InChI=1S/C16H20ClN3O3/c1-2-15(20-3-5-22-6-4-20)23-14-8-12-13(7-11(14)9-21)18-10-19-16(12)17/h7-8,10,15,21H,2-6,9H2,1H3. The second-order valence-electron chi connectivity index (χ2n) is 5.43. The third-order valence-corrected chi connectivity index (χ3v) is 4.31. The van der Waals surface area contributed by atoms with Gasteiger partial charge in [-0.15, -0.1) is 0 Å². The Kier molecular flexibility index (Phi) is 5.27. The molecule has 124 valence electrons. The van der Waals surface area contributed by atoms with E-state index < -0.39 is 0 Å². The van der Waals surface area contributed by atoms with Crippen LogP contribution in [0.25, 0.3) is 10.9 Å². The lowest BCUT2D eigenvalue weighted by Gasteiger charge is -2.34. The highest BCUT2D eigenvalue weighted by molar-refractivity contribution is 6.34. The van der Waals surface area contributed by atoms with Gasteiger partial charge in [-0.25, -0.2) is 9.97 Å². The van der Waals surface area contributed by atoms with Crippen LogP contribution in [0.15, 0.2) is 18.5 Å². The summed E-state index contributed by atoms with van der Waals surface area (Å²) in [6, 6.07) is 3.61. The molecule has 0 radical (unpaired) electrons. The zero-order chi connectivity index (χ0) is 16.2. The Morgan fingerprint density at radius 2 is 2.13 bits per heavy atom. The molecule has 7 heteroatoms. The van der Waals surface area contributed by atoms with Gasteiger partial charge in [-0.05, 0) is 18.6 Å². The van der Waals surface area contributed by atoms with E-state index in [-0.39, 0.29) is 12.8 Å². The van der Waals surface area contributed by atoms with Gasteiger partial charge >= 0.3 is 0 Å². The molecule has 0 aliphatic carbocycles. The summed E-state index contributed by atoms with van der Waals surface area (Å²) in [6.07, 6.45) is 2.18. The quantitative estimate of drug-likeness (QED) is 0.844. The van der Waals surface area contributed by atoms with Gasteiger partial charge in [0.1, 0.15) is 17.2 Å². The van der Waals surface area contributed by atoms with Gasteiger partial charge < -0.3 is 14.6 Å². The van der Waals surface area contributed by atoms with Gasteiger partial charge in [0.15, 0.2) is 6.23 Å². The van der Waals surface area contributed by atoms with Crippen LogP contribution in [-0.2, 0) is 11.3 Å². The highest BCUT2D eigenvalue weighted by Crippen LogP contribution is 2.30.